The second-order valence-electron chi connectivity index (χ2n) is 5.66. The van der Waals surface area contributed by atoms with Gasteiger partial charge in [0.2, 0.25) is 0 Å². The topological polar surface area (TPSA) is 18.5 Å². The molecule has 118 valence electrons. The first-order chi connectivity index (χ1) is 11.9. The van der Waals surface area contributed by atoms with Crippen LogP contribution in [0.4, 0.5) is 0 Å². The Morgan fingerprint density at radius 2 is 1.38 bits per heavy atom. The maximum atomic E-state index is 5.54. The molecule has 2 aliphatic heterocycles. The van der Waals surface area contributed by atoms with Gasteiger partial charge in [0.15, 0.2) is 0 Å². The van der Waals surface area contributed by atoms with Crippen molar-refractivity contribution in [1.82, 2.24) is 0 Å². The Morgan fingerprint density at radius 1 is 0.625 bits per heavy atom. The molecule has 0 radical (unpaired) electrons. The molecule has 2 aliphatic rings. The molecule has 0 saturated heterocycles. The van der Waals surface area contributed by atoms with Crippen LogP contribution in [0.15, 0.2) is 72.8 Å². The van der Waals surface area contributed by atoms with E-state index in [-0.39, 0.29) is 0 Å². The zero-order valence-electron chi connectivity index (χ0n) is 13.3. The van der Waals surface area contributed by atoms with Gasteiger partial charge in [-0.05, 0) is 35.1 Å². The van der Waals surface area contributed by atoms with Crippen LogP contribution < -0.4 is 9.47 Å². The molecule has 2 heterocycles. The molecule has 2 heteroatoms. The summed E-state index contributed by atoms with van der Waals surface area (Å²) in [6.07, 6.45) is 8.29. The van der Waals surface area contributed by atoms with Gasteiger partial charge in [0, 0.05) is 11.1 Å². The van der Waals surface area contributed by atoms with Gasteiger partial charge in [-0.25, -0.2) is 0 Å². The lowest BCUT2D eigenvalue weighted by Crippen LogP contribution is -2.00. The molecular formula is C22H18O2. The molecule has 0 bridgehead atoms. The highest BCUT2D eigenvalue weighted by atomic mass is 16.5. The Labute approximate surface area is 141 Å². The van der Waals surface area contributed by atoms with E-state index in [1.807, 2.05) is 36.4 Å². The highest BCUT2D eigenvalue weighted by Gasteiger charge is 2.08. The number of benzene rings is 3. The Kier molecular flexibility index (Phi) is 4.03. The predicted molar refractivity (Wildman–Crippen MR) is 99.4 cm³/mol. The smallest absolute Gasteiger partial charge is 0.127 e. The van der Waals surface area contributed by atoms with Gasteiger partial charge in [0.05, 0.1) is 0 Å². The van der Waals surface area contributed by atoms with Crippen LogP contribution in [-0.2, 0) is 0 Å². The summed E-state index contributed by atoms with van der Waals surface area (Å²) in [6.45, 7) is 1.39. The SMILES string of the molecule is C1=Cc2c(ccc3ccccc23)OC1.C1=Cc2ccccc2OC1. The van der Waals surface area contributed by atoms with Gasteiger partial charge in [-0.1, -0.05) is 60.7 Å². The van der Waals surface area contributed by atoms with Crippen molar-refractivity contribution in [2.24, 2.45) is 0 Å². The van der Waals surface area contributed by atoms with Crippen LogP contribution in [0, 0.1) is 0 Å². The lowest BCUT2D eigenvalue weighted by atomic mass is 10.0. The normalized spacial score (nSPS) is 13.8. The fraction of sp³-hybridized carbons (Fsp3) is 0.0909. The van der Waals surface area contributed by atoms with Crippen LogP contribution in [0.2, 0.25) is 0 Å². The van der Waals surface area contributed by atoms with Crippen molar-refractivity contribution < 1.29 is 9.47 Å². The van der Waals surface area contributed by atoms with E-state index >= 15 is 0 Å². The second-order valence-corrected chi connectivity index (χ2v) is 5.66. The van der Waals surface area contributed by atoms with Crippen LogP contribution in [0.25, 0.3) is 22.9 Å². The third kappa shape index (κ3) is 2.91. The van der Waals surface area contributed by atoms with Crippen LogP contribution in [0.1, 0.15) is 11.1 Å². The Balaban J connectivity index is 0.000000129. The molecule has 0 unspecified atom stereocenters. The van der Waals surface area contributed by atoms with Gasteiger partial charge in [0.25, 0.3) is 0 Å². The van der Waals surface area contributed by atoms with Crippen LogP contribution in [0.5, 0.6) is 11.5 Å². The zero-order valence-corrected chi connectivity index (χ0v) is 13.3. The average Bonchev–Trinajstić information content (AvgIpc) is 2.68. The van der Waals surface area contributed by atoms with Gasteiger partial charge >= 0.3 is 0 Å². The van der Waals surface area contributed by atoms with Crippen molar-refractivity contribution in [2.45, 2.75) is 0 Å². The Bertz CT molecular complexity index is 922. The van der Waals surface area contributed by atoms with E-state index in [9.17, 15) is 0 Å². The molecule has 5 rings (SSSR count). The Morgan fingerprint density at radius 3 is 2.29 bits per heavy atom. The molecule has 0 N–H and O–H groups in total. The molecule has 0 fully saturated rings. The summed E-state index contributed by atoms with van der Waals surface area (Å²) >= 11 is 0. The largest absolute Gasteiger partial charge is 0.489 e. The molecule has 2 nitrogen and oxygen atoms in total. The number of rotatable bonds is 0. The Hall–Kier alpha value is -3.00. The van der Waals surface area contributed by atoms with E-state index in [0.717, 1.165) is 11.5 Å². The molecule has 0 spiro atoms. The fourth-order valence-corrected chi connectivity index (χ4v) is 2.94. The summed E-state index contributed by atoms with van der Waals surface area (Å²) < 4.78 is 10.9. The predicted octanol–water partition coefficient (Wildman–Crippen LogP) is 5.34. The molecule has 0 saturated carbocycles. The third-order valence-electron chi connectivity index (χ3n) is 4.10. The maximum Gasteiger partial charge on any atom is 0.127 e. The van der Waals surface area contributed by atoms with E-state index in [0.29, 0.717) is 13.2 Å². The van der Waals surface area contributed by atoms with Crippen molar-refractivity contribution in [2.75, 3.05) is 13.2 Å². The molecule has 0 aromatic heterocycles. The average molecular weight is 314 g/mol. The van der Waals surface area contributed by atoms with Crippen molar-refractivity contribution in [3.05, 3.63) is 83.9 Å². The molecule has 0 atom stereocenters. The summed E-state index contributed by atoms with van der Waals surface area (Å²) in [5.41, 5.74) is 2.38. The van der Waals surface area contributed by atoms with Gasteiger partial charge in [-0.15, -0.1) is 0 Å². The minimum atomic E-state index is 0.686. The number of fused-ring (bicyclic) bond motifs is 4. The molecule has 3 aromatic carbocycles. The van der Waals surface area contributed by atoms with Crippen molar-refractivity contribution >= 4 is 22.9 Å². The second kappa shape index (κ2) is 6.63. The molecule has 3 aromatic rings. The quantitative estimate of drug-likeness (QED) is 0.558. The highest BCUT2D eigenvalue weighted by molar-refractivity contribution is 5.93. The number of ether oxygens (including phenoxy) is 2. The first-order valence-electron chi connectivity index (χ1n) is 8.11. The van der Waals surface area contributed by atoms with Gasteiger partial charge in [-0.2, -0.15) is 0 Å². The van der Waals surface area contributed by atoms with E-state index in [1.54, 1.807) is 0 Å². The third-order valence-corrected chi connectivity index (χ3v) is 4.10. The summed E-state index contributed by atoms with van der Waals surface area (Å²) in [4.78, 5) is 0. The van der Waals surface area contributed by atoms with Crippen molar-refractivity contribution in [3.63, 3.8) is 0 Å². The van der Waals surface area contributed by atoms with Gasteiger partial charge in [0.1, 0.15) is 24.7 Å². The number of hydrogen-bond acceptors (Lipinski definition) is 2. The number of hydrogen-bond donors (Lipinski definition) is 0. The molecule has 0 amide bonds. The van der Waals surface area contributed by atoms with Crippen LogP contribution >= 0.6 is 0 Å². The van der Waals surface area contributed by atoms with Crippen molar-refractivity contribution in [1.29, 1.82) is 0 Å². The molecular weight excluding hydrogens is 296 g/mol. The van der Waals surface area contributed by atoms with E-state index in [2.05, 4.69) is 48.6 Å². The summed E-state index contributed by atoms with van der Waals surface area (Å²) in [5, 5.41) is 2.53. The van der Waals surface area contributed by atoms with Crippen molar-refractivity contribution in [3.8, 4) is 11.5 Å². The van der Waals surface area contributed by atoms with E-state index in [1.165, 1.54) is 21.9 Å². The zero-order chi connectivity index (χ0) is 16.2. The first kappa shape index (κ1) is 14.6. The fourth-order valence-electron chi connectivity index (χ4n) is 2.94. The summed E-state index contributed by atoms with van der Waals surface area (Å²) in [6, 6.07) is 20.5. The monoisotopic (exact) mass is 314 g/mol. The van der Waals surface area contributed by atoms with Crippen LogP contribution in [0.3, 0.4) is 0 Å². The molecule has 0 aliphatic carbocycles. The standard InChI is InChI=1S/C13H10O.C9H8O/c1-2-5-11-10(4-1)7-8-13-12(11)6-3-9-14-13;1-2-6-9-8(4-1)5-3-7-10-9/h1-8H,9H2;1-6H,7H2. The lowest BCUT2D eigenvalue weighted by molar-refractivity contribution is 0.358. The minimum Gasteiger partial charge on any atom is -0.489 e. The molecule has 24 heavy (non-hydrogen) atoms. The lowest BCUT2D eigenvalue weighted by Gasteiger charge is -2.14. The minimum absolute atomic E-state index is 0.686. The summed E-state index contributed by atoms with van der Waals surface area (Å²) in [7, 11) is 0. The number of para-hydroxylation sites is 1. The van der Waals surface area contributed by atoms with Gasteiger partial charge < -0.3 is 9.47 Å². The summed E-state index contributed by atoms with van der Waals surface area (Å²) in [5.74, 6) is 1.98. The van der Waals surface area contributed by atoms with Crippen LogP contribution in [-0.4, -0.2) is 13.2 Å². The highest BCUT2D eigenvalue weighted by Crippen LogP contribution is 2.31. The van der Waals surface area contributed by atoms with E-state index < -0.39 is 0 Å². The first-order valence-corrected chi connectivity index (χ1v) is 8.11. The van der Waals surface area contributed by atoms with Gasteiger partial charge in [-0.3, -0.25) is 0 Å². The van der Waals surface area contributed by atoms with E-state index in [4.69, 9.17) is 9.47 Å². The maximum absolute atomic E-state index is 5.54.